The minimum atomic E-state index is -3.54. The highest BCUT2D eigenvalue weighted by Gasteiger charge is 2.29. The van der Waals surface area contributed by atoms with Crippen LogP contribution in [-0.4, -0.2) is 26.0 Å². The summed E-state index contributed by atoms with van der Waals surface area (Å²) in [4.78, 5) is 0.204. The van der Waals surface area contributed by atoms with Gasteiger partial charge in [0.25, 0.3) is 0 Å². The SMILES string of the molecule is CSC1CCCCC1NS(=O)(=O)c1ccc(CN)c(Cl)c1. The van der Waals surface area contributed by atoms with E-state index in [4.69, 9.17) is 17.3 Å². The zero-order valence-electron chi connectivity index (χ0n) is 12.0. The molecular formula is C14H21ClN2O2S2. The van der Waals surface area contributed by atoms with Crippen LogP contribution in [0.25, 0.3) is 0 Å². The van der Waals surface area contributed by atoms with E-state index in [1.807, 2.05) is 6.26 Å². The largest absolute Gasteiger partial charge is 0.326 e. The number of rotatable bonds is 5. The molecule has 0 aromatic heterocycles. The smallest absolute Gasteiger partial charge is 0.240 e. The lowest BCUT2D eigenvalue weighted by atomic mass is 9.96. The van der Waals surface area contributed by atoms with Gasteiger partial charge in [-0.3, -0.25) is 0 Å². The van der Waals surface area contributed by atoms with Gasteiger partial charge in [-0.05, 0) is 36.8 Å². The normalized spacial score (nSPS) is 23.2. The van der Waals surface area contributed by atoms with Crippen LogP contribution in [0.4, 0.5) is 0 Å². The zero-order valence-corrected chi connectivity index (χ0v) is 14.4. The van der Waals surface area contributed by atoms with E-state index in [1.54, 1.807) is 23.9 Å². The third kappa shape index (κ3) is 4.13. The highest BCUT2D eigenvalue weighted by Crippen LogP contribution is 2.29. The molecule has 1 saturated carbocycles. The molecule has 4 nitrogen and oxygen atoms in total. The molecule has 1 aromatic rings. The molecule has 2 atom stereocenters. The summed E-state index contributed by atoms with van der Waals surface area (Å²) in [6.07, 6.45) is 6.21. The molecule has 0 spiro atoms. The lowest BCUT2D eigenvalue weighted by Gasteiger charge is -2.30. The first-order chi connectivity index (χ1) is 9.97. The maximum Gasteiger partial charge on any atom is 0.240 e. The molecular weight excluding hydrogens is 328 g/mol. The van der Waals surface area contributed by atoms with E-state index in [0.717, 1.165) is 24.8 Å². The average molecular weight is 349 g/mol. The number of sulfonamides is 1. The molecule has 1 aromatic carbocycles. The summed E-state index contributed by atoms with van der Waals surface area (Å²) in [6, 6.07) is 4.70. The molecule has 0 aliphatic heterocycles. The molecule has 0 saturated heterocycles. The fourth-order valence-electron chi connectivity index (χ4n) is 2.64. The third-order valence-corrected chi connectivity index (χ3v) is 6.88. The van der Waals surface area contributed by atoms with Gasteiger partial charge < -0.3 is 5.73 Å². The fourth-order valence-corrected chi connectivity index (χ4v) is 5.32. The predicted molar refractivity (Wildman–Crippen MR) is 89.2 cm³/mol. The molecule has 3 N–H and O–H groups in total. The van der Waals surface area contributed by atoms with Crippen molar-refractivity contribution in [2.75, 3.05) is 6.26 Å². The molecule has 2 unspecified atom stereocenters. The van der Waals surface area contributed by atoms with Gasteiger partial charge in [-0.2, -0.15) is 11.8 Å². The molecule has 1 aliphatic rings. The van der Waals surface area contributed by atoms with Gasteiger partial charge in [0.1, 0.15) is 0 Å². The zero-order chi connectivity index (χ0) is 15.5. The topological polar surface area (TPSA) is 72.2 Å². The van der Waals surface area contributed by atoms with Gasteiger partial charge in [0, 0.05) is 22.9 Å². The maximum atomic E-state index is 12.5. The maximum absolute atomic E-state index is 12.5. The Morgan fingerprint density at radius 2 is 2.10 bits per heavy atom. The Kier molecular flexibility index (Phi) is 5.96. The Labute approximate surface area is 135 Å². The quantitative estimate of drug-likeness (QED) is 0.858. The molecule has 2 rings (SSSR count). The lowest BCUT2D eigenvalue weighted by Crippen LogP contribution is -2.43. The van der Waals surface area contributed by atoms with Gasteiger partial charge in [0.05, 0.1) is 4.90 Å². The summed E-state index contributed by atoms with van der Waals surface area (Å²) in [6.45, 7) is 0.295. The number of hydrogen-bond acceptors (Lipinski definition) is 4. The summed E-state index contributed by atoms with van der Waals surface area (Å²) in [5.74, 6) is 0. The van der Waals surface area contributed by atoms with E-state index in [0.29, 0.717) is 16.8 Å². The van der Waals surface area contributed by atoms with E-state index < -0.39 is 10.0 Å². The summed E-state index contributed by atoms with van der Waals surface area (Å²) in [5, 5.41) is 0.734. The van der Waals surface area contributed by atoms with Crippen molar-refractivity contribution in [3.8, 4) is 0 Å². The second-order valence-corrected chi connectivity index (χ2v) is 8.44. The van der Waals surface area contributed by atoms with Crippen molar-refractivity contribution in [2.45, 2.75) is 48.4 Å². The Balaban J connectivity index is 2.19. The highest BCUT2D eigenvalue weighted by molar-refractivity contribution is 7.99. The Morgan fingerprint density at radius 3 is 2.71 bits per heavy atom. The Bertz CT molecular complexity index is 593. The molecule has 0 bridgehead atoms. The molecule has 1 fully saturated rings. The van der Waals surface area contributed by atoms with Gasteiger partial charge in [0.15, 0.2) is 0 Å². The van der Waals surface area contributed by atoms with Crippen molar-refractivity contribution in [1.29, 1.82) is 0 Å². The third-order valence-electron chi connectivity index (χ3n) is 3.87. The van der Waals surface area contributed by atoms with Crippen molar-refractivity contribution in [1.82, 2.24) is 4.72 Å². The number of nitrogens with two attached hydrogens (primary N) is 1. The monoisotopic (exact) mass is 348 g/mol. The fraction of sp³-hybridized carbons (Fsp3) is 0.571. The van der Waals surface area contributed by atoms with Crippen molar-refractivity contribution in [2.24, 2.45) is 5.73 Å². The second kappa shape index (κ2) is 7.33. The number of benzene rings is 1. The van der Waals surface area contributed by atoms with Crippen LogP contribution in [0.3, 0.4) is 0 Å². The van der Waals surface area contributed by atoms with Gasteiger partial charge >= 0.3 is 0 Å². The summed E-state index contributed by atoms with van der Waals surface area (Å²) in [5.41, 5.74) is 6.29. The number of halogens is 1. The number of hydrogen-bond donors (Lipinski definition) is 2. The van der Waals surface area contributed by atoms with E-state index in [-0.39, 0.29) is 10.9 Å². The summed E-state index contributed by atoms with van der Waals surface area (Å²) in [7, 11) is -3.54. The molecule has 0 heterocycles. The minimum Gasteiger partial charge on any atom is -0.326 e. The Hall–Kier alpha value is -0.270. The van der Waals surface area contributed by atoms with Gasteiger partial charge in [-0.15, -0.1) is 0 Å². The predicted octanol–water partition coefficient (Wildman–Crippen LogP) is 2.75. The van der Waals surface area contributed by atoms with Crippen LogP contribution >= 0.6 is 23.4 Å². The number of thioether (sulfide) groups is 1. The van der Waals surface area contributed by atoms with E-state index in [2.05, 4.69) is 4.72 Å². The minimum absolute atomic E-state index is 0.00768. The molecule has 1 aliphatic carbocycles. The van der Waals surface area contributed by atoms with E-state index >= 15 is 0 Å². The van der Waals surface area contributed by atoms with E-state index in [9.17, 15) is 8.42 Å². The standard InChI is InChI=1S/C14H21ClN2O2S2/c1-20-14-5-3-2-4-13(14)17-21(18,19)11-7-6-10(9-16)12(15)8-11/h6-8,13-14,17H,2-5,9,16H2,1H3. The number of nitrogens with one attached hydrogen (secondary N) is 1. The second-order valence-electron chi connectivity index (χ2n) is 5.24. The summed E-state index contributed by atoms with van der Waals surface area (Å²) < 4.78 is 27.8. The molecule has 21 heavy (non-hydrogen) atoms. The van der Waals surface area contributed by atoms with Crippen LogP contribution < -0.4 is 10.5 Å². The van der Waals surface area contributed by atoms with Gasteiger partial charge in [-0.1, -0.05) is 30.5 Å². The van der Waals surface area contributed by atoms with Crippen molar-refractivity contribution in [3.05, 3.63) is 28.8 Å². The van der Waals surface area contributed by atoms with Crippen LogP contribution in [0.1, 0.15) is 31.2 Å². The Morgan fingerprint density at radius 1 is 1.38 bits per heavy atom. The van der Waals surface area contributed by atoms with Gasteiger partial charge in [-0.25, -0.2) is 13.1 Å². The first kappa shape index (κ1) is 17.1. The molecule has 7 heteroatoms. The van der Waals surface area contributed by atoms with Crippen LogP contribution in [0.15, 0.2) is 23.1 Å². The van der Waals surface area contributed by atoms with Crippen molar-refractivity contribution >= 4 is 33.4 Å². The van der Waals surface area contributed by atoms with Gasteiger partial charge in [0.2, 0.25) is 10.0 Å². The van der Waals surface area contributed by atoms with E-state index in [1.165, 1.54) is 12.5 Å². The van der Waals surface area contributed by atoms with Crippen LogP contribution in [-0.2, 0) is 16.6 Å². The highest BCUT2D eigenvalue weighted by atomic mass is 35.5. The van der Waals surface area contributed by atoms with Crippen LogP contribution in [0.5, 0.6) is 0 Å². The van der Waals surface area contributed by atoms with Crippen LogP contribution in [0, 0.1) is 0 Å². The molecule has 118 valence electrons. The summed E-state index contributed by atoms with van der Waals surface area (Å²) >= 11 is 7.79. The van der Waals surface area contributed by atoms with Crippen LogP contribution in [0.2, 0.25) is 5.02 Å². The lowest BCUT2D eigenvalue weighted by molar-refractivity contribution is 0.423. The molecule has 0 amide bonds. The average Bonchev–Trinajstić information content (AvgIpc) is 2.47. The first-order valence-corrected chi connectivity index (χ1v) is 10.2. The first-order valence-electron chi connectivity index (χ1n) is 7.01. The van der Waals surface area contributed by atoms with Crippen molar-refractivity contribution in [3.63, 3.8) is 0 Å². The van der Waals surface area contributed by atoms with Crippen molar-refractivity contribution < 1.29 is 8.42 Å². The molecule has 0 radical (unpaired) electrons.